The summed E-state index contributed by atoms with van der Waals surface area (Å²) in [5, 5.41) is 10.4. The van der Waals surface area contributed by atoms with Gasteiger partial charge in [0.1, 0.15) is 11.6 Å². The van der Waals surface area contributed by atoms with Gasteiger partial charge in [0.25, 0.3) is 0 Å². The van der Waals surface area contributed by atoms with E-state index in [0.29, 0.717) is 35.9 Å². The maximum absolute atomic E-state index is 13.8. The summed E-state index contributed by atoms with van der Waals surface area (Å²) in [5.41, 5.74) is 3.54. The molecule has 0 unspecified atom stereocenters. The zero-order chi connectivity index (χ0) is 26.2. The Kier molecular flexibility index (Phi) is 9.14. The van der Waals surface area contributed by atoms with Gasteiger partial charge >= 0.3 is 5.97 Å². The van der Waals surface area contributed by atoms with E-state index in [-0.39, 0.29) is 12.2 Å². The first-order chi connectivity index (χ1) is 17.9. The molecule has 2 aromatic carbocycles. The van der Waals surface area contributed by atoms with Gasteiger partial charge in [0.05, 0.1) is 19.2 Å². The summed E-state index contributed by atoms with van der Waals surface area (Å²) >= 11 is 0. The number of aryl methyl sites for hydroxylation is 2. The first-order valence-corrected chi connectivity index (χ1v) is 13.0. The Morgan fingerprint density at radius 3 is 2.84 bits per heavy atom. The quantitative estimate of drug-likeness (QED) is 0.371. The second-order valence-electron chi connectivity index (χ2n) is 9.99. The zero-order valence-corrected chi connectivity index (χ0v) is 21.7. The molecular formula is C31H35FN2O3. The van der Waals surface area contributed by atoms with Crippen molar-refractivity contribution in [2.45, 2.75) is 45.4 Å². The van der Waals surface area contributed by atoms with Crippen LogP contribution in [0.1, 0.15) is 48.8 Å². The molecule has 4 rings (SSSR count). The molecule has 3 aromatic rings. The largest absolute Gasteiger partial charge is 0.497 e. The minimum Gasteiger partial charge on any atom is -0.497 e. The SMILES string of the molecule is COc1ccc2nccc(CCC[C@@H]3CCN(CC#Cc4ccc(C)c(F)c4)C[C@@H]3CCC(=O)O)c2c1. The number of hydrogen-bond acceptors (Lipinski definition) is 4. The number of aliphatic carboxylic acids is 1. The highest BCUT2D eigenvalue weighted by Gasteiger charge is 2.29. The summed E-state index contributed by atoms with van der Waals surface area (Å²) in [5.74, 6) is 6.94. The minimum atomic E-state index is -0.741. The average Bonchev–Trinajstić information content (AvgIpc) is 2.90. The predicted molar refractivity (Wildman–Crippen MR) is 144 cm³/mol. The lowest BCUT2D eigenvalue weighted by molar-refractivity contribution is -0.137. The molecule has 194 valence electrons. The molecule has 1 fully saturated rings. The van der Waals surface area contributed by atoms with Gasteiger partial charge in [-0.1, -0.05) is 17.9 Å². The number of benzene rings is 2. The average molecular weight is 503 g/mol. The maximum Gasteiger partial charge on any atom is 0.303 e. The van der Waals surface area contributed by atoms with Crippen LogP contribution in [0.3, 0.4) is 0 Å². The number of likely N-dealkylation sites (tertiary alicyclic amines) is 1. The molecule has 0 radical (unpaired) electrons. The molecule has 0 bridgehead atoms. The third-order valence-corrected chi connectivity index (χ3v) is 7.47. The van der Waals surface area contributed by atoms with Crippen LogP contribution in [-0.4, -0.2) is 47.7 Å². The van der Waals surface area contributed by atoms with E-state index in [1.54, 1.807) is 20.1 Å². The molecular weight excluding hydrogens is 467 g/mol. The third-order valence-electron chi connectivity index (χ3n) is 7.47. The van der Waals surface area contributed by atoms with Crippen LogP contribution in [0, 0.1) is 36.4 Å². The van der Waals surface area contributed by atoms with Crippen LogP contribution in [0.15, 0.2) is 48.7 Å². The molecule has 2 atom stereocenters. The van der Waals surface area contributed by atoms with Crippen molar-refractivity contribution in [1.82, 2.24) is 9.88 Å². The minimum absolute atomic E-state index is 0.193. The second-order valence-corrected chi connectivity index (χ2v) is 9.99. The van der Waals surface area contributed by atoms with E-state index < -0.39 is 5.97 Å². The lowest BCUT2D eigenvalue weighted by Crippen LogP contribution is -2.41. The summed E-state index contributed by atoms with van der Waals surface area (Å²) in [6, 6.07) is 13.1. The van der Waals surface area contributed by atoms with Crippen LogP contribution >= 0.6 is 0 Å². The Morgan fingerprint density at radius 2 is 2.05 bits per heavy atom. The molecule has 1 N–H and O–H groups in total. The summed E-state index contributed by atoms with van der Waals surface area (Å²) < 4.78 is 19.2. The predicted octanol–water partition coefficient (Wildman–Crippen LogP) is 5.87. The van der Waals surface area contributed by atoms with Crippen molar-refractivity contribution < 1.29 is 19.0 Å². The number of nitrogens with zero attached hydrogens (tertiary/aromatic N) is 2. The molecule has 2 heterocycles. The van der Waals surface area contributed by atoms with Crippen molar-refractivity contribution in [3.8, 4) is 17.6 Å². The van der Waals surface area contributed by atoms with Gasteiger partial charge < -0.3 is 9.84 Å². The Balaban J connectivity index is 1.36. The number of aromatic nitrogens is 1. The maximum atomic E-state index is 13.8. The van der Waals surface area contributed by atoms with Gasteiger partial charge in [0.2, 0.25) is 0 Å². The smallest absolute Gasteiger partial charge is 0.303 e. The van der Waals surface area contributed by atoms with E-state index in [0.717, 1.165) is 55.4 Å². The van der Waals surface area contributed by atoms with Crippen molar-refractivity contribution in [1.29, 1.82) is 0 Å². The second kappa shape index (κ2) is 12.7. The van der Waals surface area contributed by atoms with E-state index in [2.05, 4.69) is 33.9 Å². The normalized spacial score (nSPS) is 17.8. The van der Waals surface area contributed by atoms with Crippen molar-refractivity contribution >= 4 is 16.9 Å². The summed E-state index contributed by atoms with van der Waals surface area (Å²) in [7, 11) is 1.68. The summed E-state index contributed by atoms with van der Waals surface area (Å²) in [6.45, 7) is 4.14. The highest BCUT2D eigenvalue weighted by atomic mass is 19.1. The van der Waals surface area contributed by atoms with Gasteiger partial charge in [-0.15, -0.1) is 0 Å². The number of fused-ring (bicyclic) bond motifs is 1. The monoisotopic (exact) mass is 502 g/mol. The summed E-state index contributed by atoms with van der Waals surface area (Å²) in [6.07, 6.45) is 6.85. The van der Waals surface area contributed by atoms with Crippen LogP contribution in [0.2, 0.25) is 0 Å². The Bertz CT molecular complexity index is 1300. The van der Waals surface area contributed by atoms with E-state index in [4.69, 9.17) is 4.74 Å². The zero-order valence-electron chi connectivity index (χ0n) is 21.7. The number of carboxylic acid groups (broad SMARTS) is 1. The molecule has 6 heteroatoms. The van der Waals surface area contributed by atoms with Gasteiger partial charge in [-0.05, 0) is 105 Å². The number of hydrogen-bond donors (Lipinski definition) is 1. The number of pyridine rings is 1. The van der Waals surface area contributed by atoms with Crippen LogP contribution in [-0.2, 0) is 11.2 Å². The van der Waals surface area contributed by atoms with Gasteiger partial charge in [0, 0.05) is 30.1 Å². The fraction of sp³-hybridized carbons (Fsp3) is 0.419. The Morgan fingerprint density at radius 1 is 1.19 bits per heavy atom. The molecule has 5 nitrogen and oxygen atoms in total. The molecule has 0 amide bonds. The lowest BCUT2D eigenvalue weighted by atomic mass is 9.79. The summed E-state index contributed by atoms with van der Waals surface area (Å²) in [4.78, 5) is 18.1. The molecule has 1 aliphatic rings. The van der Waals surface area contributed by atoms with Crippen molar-refractivity contribution in [3.05, 3.63) is 71.2 Å². The third kappa shape index (κ3) is 7.30. The van der Waals surface area contributed by atoms with E-state index in [9.17, 15) is 14.3 Å². The molecule has 1 aromatic heterocycles. The van der Waals surface area contributed by atoms with E-state index in [1.807, 2.05) is 24.4 Å². The number of carbonyl (C=O) groups is 1. The van der Waals surface area contributed by atoms with Gasteiger partial charge in [-0.2, -0.15) is 0 Å². The molecule has 1 saturated heterocycles. The Hall–Kier alpha value is -3.43. The molecule has 0 saturated carbocycles. The number of ether oxygens (including phenoxy) is 1. The topological polar surface area (TPSA) is 62.7 Å². The first kappa shape index (κ1) is 26.6. The van der Waals surface area contributed by atoms with Crippen LogP contribution in [0.25, 0.3) is 10.9 Å². The number of halogens is 1. The highest BCUT2D eigenvalue weighted by molar-refractivity contribution is 5.83. The molecule has 1 aliphatic heterocycles. The van der Waals surface area contributed by atoms with Gasteiger partial charge in [0.15, 0.2) is 0 Å². The van der Waals surface area contributed by atoms with Crippen LogP contribution in [0.5, 0.6) is 5.75 Å². The van der Waals surface area contributed by atoms with Crippen LogP contribution in [0.4, 0.5) is 4.39 Å². The molecule has 0 spiro atoms. The van der Waals surface area contributed by atoms with Gasteiger partial charge in [-0.25, -0.2) is 4.39 Å². The number of carboxylic acids is 1. The fourth-order valence-electron chi connectivity index (χ4n) is 5.32. The van der Waals surface area contributed by atoms with Crippen molar-refractivity contribution in [2.24, 2.45) is 11.8 Å². The Labute approximate surface area is 218 Å². The lowest BCUT2D eigenvalue weighted by Gasteiger charge is -2.38. The van der Waals surface area contributed by atoms with Crippen LogP contribution < -0.4 is 4.74 Å². The van der Waals surface area contributed by atoms with Gasteiger partial charge in [-0.3, -0.25) is 14.7 Å². The highest BCUT2D eigenvalue weighted by Crippen LogP contribution is 2.32. The van der Waals surface area contributed by atoms with Crippen molar-refractivity contribution in [2.75, 3.05) is 26.7 Å². The van der Waals surface area contributed by atoms with E-state index >= 15 is 0 Å². The molecule has 0 aliphatic carbocycles. The fourth-order valence-corrected chi connectivity index (χ4v) is 5.32. The number of methoxy groups -OCH3 is 1. The van der Waals surface area contributed by atoms with Crippen molar-refractivity contribution in [3.63, 3.8) is 0 Å². The molecule has 37 heavy (non-hydrogen) atoms. The van der Waals surface area contributed by atoms with E-state index in [1.165, 1.54) is 11.6 Å². The number of piperidine rings is 1. The first-order valence-electron chi connectivity index (χ1n) is 13.0. The number of rotatable bonds is 9. The standard InChI is InChI=1S/C31H35FN2O3/c1-22-8-9-23(19-29(22)32)5-4-17-34-18-15-24(26(21-34)10-13-31(35)36)6-3-7-25-14-16-33-30-12-11-27(37-2)20-28(25)30/h8-9,11-12,14,16,19-20,24,26H,3,6-7,10,13,15,17-18,21H2,1-2H3,(H,35,36)/t24-,26+/m1/s1.